The van der Waals surface area contributed by atoms with Gasteiger partial charge in [-0.25, -0.2) is 4.98 Å². The number of fused-ring (bicyclic) bond motifs is 1. The van der Waals surface area contributed by atoms with Gasteiger partial charge in [0.25, 0.3) is 0 Å². The van der Waals surface area contributed by atoms with Gasteiger partial charge in [-0.1, -0.05) is 12.1 Å². The molecule has 2 aromatic carbocycles. The molecular formula is C17H20N4. The third-order valence-corrected chi connectivity index (χ3v) is 3.47. The molecule has 0 saturated carbocycles. The predicted molar refractivity (Wildman–Crippen MR) is 89.0 cm³/mol. The van der Waals surface area contributed by atoms with Gasteiger partial charge >= 0.3 is 0 Å². The van der Waals surface area contributed by atoms with Crippen LogP contribution in [-0.2, 0) is 5.54 Å². The molecular weight excluding hydrogens is 260 g/mol. The summed E-state index contributed by atoms with van der Waals surface area (Å²) in [5, 5.41) is 0. The fraction of sp³-hybridized carbons (Fsp3) is 0.235. The standard InChI is InChI=1S/C17H20N4/c1-17(2,3)21-15-7-5-4-6-14(15)20-16(21)11-8-12(18)10-13(19)9-11/h4-10H,18-19H2,1-3H3. The van der Waals surface area contributed by atoms with Crippen molar-refractivity contribution in [2.75, 3.05) is 11.5 Å². The number of nitrogens with zero attached hydrogens (tertiary/aromatic N) is 2. The average Bonchev–Trinajstić information content (AvgIpc) is 2.76. The summed E-state index contributed by atoms with van der Waals surface area (Å²) in [5.74, 6) is 0.891. The minimum absolute atomic E-state index is 0.0925. The second-order valence-corrected chi connectivity index (χ2v) is 6.32. The predicted octanol–water partition coefficient (Wildman–Crippen LogP) is 3.62. The summed E-state index contributed by atoms with van der Waals surface area (Å²) in [4.78, 5) is 4.78. The smallest absolute Gasteiger partial charge is 0.141 e. The Morgan fingerprint density at radius 2 is 1.57 bits per heavy atom. The first kappa shape index (κ1) is 13.5. The van der Waals surface area contributed by atoms with Crippen molar-refractivity contribution in [1.82, 2.24) is 9.55 Å². The highest BCUT2D eigenvalue weighted by molar-refractivity contribution is 5.82. The molecule has 0 aliphatic rings. The van der Waals surface area contributed by atoms with Crippen molar-refractivity contribution in [3.8, 4) is 11.4 Å². The molecule has 0 radical (unpaired) electrons. The van der Waals surface area contributed by atoms with Crippen LogP contribution in [0.1, 0.15) is 20.8 Å². The van der Waals surface area contributed by atoms with Crippen molar-refractivity contribution >= 4 is 22.4 Å². The molecule has 4 N–H and O–H groups in total. The van der Waals surface area contributed by atoms with Crippen LogP contribution >= 0.6 is 0 Å². The lowest BCUT2D eigenvalue weighted by Gasteiger charge is -2.25. The van der Waals surface area contributed by atoms with E-state index in [2.05, 4.69) is 31.4 Å². The Kier molecular flexibility index (Phi) is 2.90. The molecule has 1 aromatic heterocycles. The number of benzene rings is 2. The Bertz CT molecular complexity index is 789. The Morgan fingerprint density at radius 3 is 2.19 bits per heavy atom. The van der Waals surface area contributed by atoms with E-state index in [0.717, 1.165) is 22.4 Å². The largest absolute Gasteiger partial charge is 0.399 e. The van der Waals surface area contributed by atoms with Crippen LogP contribution in [0.25, 0.3) is 22.4 Å². The number of nitrogen functional groups attached to an aromatic ring is 2. The monoisotopic (exact) mass is 280 g/mol. The average molecular weight is 280 g/mol. The van der Waals surface area contributed by atoms with E-state index < -0.39 is 0 Å². The maximum Gasteiger partial charge on any atom is 0.141 e. The molecule has 0 aliphatic heterocycles. The summed E-state index contributed by atoms with van der Waals surface area (Å²) in [6.45, 7) is 6.50. The van der Waals surface area contributed by atoms with Crippen LogP contribution in [0.5, 0.6) is 0 Å². The van der Waals surface area contributed by atoms with Gasteiger partial charge in [-0.05, 0) is 51.1 Å². The first-order chi connectivity index (χ1) is 9.86. The Labute approximate surface area is 124 Å². The summed E-state index contributed by atoms with van der Waals surface area (Å²) in [7, 11) is 0. The third kappa shape index (κ3) is 2.33. The minimum atomic E-state index is -0.0925. The summed E-state index contributed by atoms with van der Waals surface area (Å²) in [5.41, 5.74) is 16.1. The van der Waals surface area contributed by atoms with E-state index in [1.54, 1.807) is 6.07 Å². The molecule has 0 bridgehead atoms. The number of imidazole rings is 1. The molecule has 4 heteroatoms. The van der Waals surface area contributed by atoms with E-state index in [1.807, 2.05) is 30.3 Å². The fourth-order valence-corrected chi connectivity index (χ4v) is 2.70. The van der Waals surface area contributed by atoms with Crippen LogP contribution in [-0.4, -0.2) is 9.55 Å². The van der Waals surface area contributed by atoms with E-state index in [-0.39, 0.29) is 5.54 Å². The highest BCUT2D eigenvalue weighted by Crippen LogP contribution is 2.32. The zero-order valence-electron chi connectivity index (χ0n) is 12.6. The molecule has 0 atom stereocenters. The van der Waals surface area contributed by atoms with Crippen LogP contribution in [0.3, 0.4) is 0 Å². The summed E-state index contributed by atoms with van der Waals surface area (Å²) < 4.78 is 2.23. The number of hydrogen-bond donors (Lipinski definition) is 2. The SMILES string of the molecule is CC(C)(C)n1c(-c2cc(N)cc(N)c2)nc2ccccc21. The lowest BCUT2D eigenvalue weighted by molar-refractivity contribution is 0.413. The van der Waals surface area contributed by atoms with Crippen molar-refractivity contribution in [3.05, 3.63) is 42.5 Å². The van der Waals surface area contributed by atoms with E-state index >= 15 is 0 Å². The lowest BCUT2D eigenvalue weighted by atomic mass is 10.1. The normalized spacial score (nSPS) is 12.0. The van der Waals surface area contributed by atoms with Crippen molar-refractivity contribution in [1.29, 1.82) is 0 Å². The van der Waals surface area contributed by atoms with Crippen molar-refractivity contribution in [3.63, 3.8) is 0 Å². The highest BCUT2D eigenvalue weighted by atomic mass is 15.1. The van der Waals surface area contributed by atoms with Gasteiger partial charge in [0.2, 0.25) is 0 Å². The van der Waals surface area contributed by atoms with E-state index in [0.29, 0.717) is 11.4 Å². The molecule has 21 heavy (non-hydrogen) atoms. The maximum atomic E-state index is 5.93. The third-order valence-electron chi connectivity index (χ3n) is 3.47. The second kappa shape index (κ2) is 4.52. The van der Waals surface area contributed by atoms with Crippen molar-refractivity contribution in [2.45, 2.75) is 26.3 Å². The van der Waals surface area contributed by atoms with Crippen LogP contribution in [0.15, 0.2) is 42.5 Å². The molecule has 4 nitrogen and oxygen atoms in total. The van der Waals surface area contributed by atoms with Crippen LogP contribution in [0.4, 0.5) is 11.4 Å². The summed E-state index contributed by atoms with van der Waals surface area (Å²) in [6.07, 6.45) is 0. The molecule has 3 aromatic rings. The maximum absolute atomic E-state index is 5.93. The minimum Gasteiger partial charge on any atom is -0.399 e. The number of aromatic nitrogens is 2. The van der Waals surface area contributed by atoms with Gasteiger partial charge in [-0.15, -0.1) is 0 Å². The zero-order chi connectivity index (χ0) is 15.2. The molecule has 0 aliphatic carbocycles. The van der Waals surface area contributed by atoms with E-state index in [1.165, 1.54) is 0 Å². The Balaban J connectivity index is 2.36. The molecule has 0 fully saturated rings. The van der Waals surface area contributed by atoms with Gasteiger partial charge in [0.15, 0.2) is 0 Å². The number of para-hydroxylation sites is 2. The quantitative estimate of drug-likeness (QED) is 0.669. The first-order valence-corrected chi connectivity index (χ1v) is 7.00. The van der Waals surface area contributed by atoms with Crippen molar-refractivity contribution < 1.29 is 0 Å². The first-order valence-electron chi connectivity index (χ1n) is 7.00. The van der Waals surface area contributed by atoms with Gasteiger partial charge in [0.05, 0.1) is 11.0 Å². The van der Waals surface area contributed by atoms with Gasteiger partial charge in [-0.3, -0.25) is 0 Å². The summed E-state index contributed by atoms with van der Waals surface area (Å²) >= 11 is 0. The number of nitrogens with two attached hydrogens (primary N) is 2. The van der Waals surface area contributed by atoms with Crippen LogP contribution in [0.2, 0.25) is 0 Å². The van der Waals surface area contributed by atoms with Gasteiger partial charge in [-0.2, -0.15) is 0 Å². The molecule has 1 heterocycles. The van der Waals surface area contributed by atoms with Crippen LogP contribution < -0.4 is 11.5 Å². The number of anilines is 2. The number of hydrogen-bond acceptors (Lipinski definition) is 3. The van der Waals surface area contributed by atoms with Gasteiger partial charge in [0.1, 0.15) is 5.82 Å². The van der Waals surface area contributed by atoms with Gasteiger partial charge < -0.3 is 16.0 Å². The zero-order valence-corrected chi connectivity index (χ0v) is 12.6. The van der Waals surface area contributed by atoms with E-state index in [9.17, 15) is 0 Å². The highest BCUT2D eigenvalue weighted by Gasteiger charge is 2.22. The molecule has 0 amide bonds. The molecule has 0 saturated heterocycles. The Morgan fingerprint density at radius 1 is 0.952 bits per heavy atom. The van der Waals surface area contributed by atoms with E-state index in [4.69, 9.17) is 16.5 Å². The lowest BCUT2D eigenvalue weighted by Crippen LogP contribution is -2.22. The Hall–Kier alpha value is -2.49. The molecule has 3 rings (SSSR count). The molecule has 0 spiro atoms. The topological polar surface area (TPSA) is 69.9 Å². The second-order valence-electron chi connectivity index (χ2n) is 6.32. The molecule has 108 valence electrons. The summed E-state index contributed by atoms with van der Waals surface area (Å²) in [6, 6.07) is 13.7. The van der Waals surface area contributed by atoms with Gasteiger partial charge in [0, 0.05) is 22.5 Å². The number of rotatable bonds is 1. The fourth-order valence-electron chi connectivity index (χ4n) is 2.70. The van der Waals surface area contributed by atoms with Crippen LogP contribution in [0, 0.1) is 0 Å². The molecule has 0 unspecified atom stereocenters. The van der Waals surface area contributed by atoms with Crippen molar-refractivity contribution in [2.24, 2.45) is 0 Å².